The van der Waals surface area contributed by atoms with Gasteiger partial charge in [-0.2, -0.15) is 0 Å². The van der Waals surface area contributed by atoms with Crippen molar-refractivity contribution in [1.82, 2.24) is 9.71 Å². The second-order valence-corrected chi connectivity index (χ2v) is 7.14. The molecule has 0 radical (unpaired) electrons. The summed E-state index contributed by atoms with van der Waals surface area (Å²) in [6.45, 7) is 5.92. The first-order valence-electron chi connectivity index (χ1n) is 5.55. The van der Waals surface area contributed by atoms with Gasteiger partial charge in [0.25, 0.3) is 10.0 Å². The number of hydrogen-bond acceptors (Lipinski definition) is 5. The van der Waals surface area contributed by atoms with E-state index in [0.29, 0.717) is 12.8 Å². The van der Waals surface area contributed by atoms with Crippen LogP contribution in [0.5, 0.6) is 0 Å². The van der Waals surface area contributed by atoms with E-state index >= 15 is 0 Å². The summed E-state index contributed by atoms with van der Waals surface area (Å²) in [5, 5.41) is 0.733. The van der Waals surface area contributed by atoms with E-state index in [1.54, 1.807) is 6.92 Å². The molecule has 1 heterocycles. The molecule has 5 nitrogen and oxygen atoms in total. The van der Waals surface area contributed by atoms with Crippen LogP contribution in [0.1, 0.15) is 31.7 Å². The summed E-state index contributed by atoms with van der Waals surface area (Å²) in [5.74, 6) is 0. The van der Waals surface area contributed by atoms with Gasteiger partial charge in [0.15, 0.2) is 4.21 Å². The van der Waals surface area contributed by atoms with Gasteiger partial charge in [0.1, 0.15) is 0 Å². The molecule has 98 valence electrons. The molecule has 0 atom stereocenters. The number of nitrogens with one attached hydrogen (secondary N) is 1. The van der Waals surface area contributed by atoms with Gasteiger partial charge >= 0.3 is 0 Å². The maximum absolute atomic E-state index is 12.1. The average Bonchev–Trinajstić information content (AvgIpc) is 2.74. The predicted octanol–water partition coefficient (Wildman–Crippen LogP) is 1.25. The first kappa shape index (κ1) is 14.6. The number of aryl methyl sites for hydroxylation is 1. The smallest absolute Gasteiger partial charge is 0.252 e. The van der Waals surface area contributed by atoms with Crippen molar-refractivity contribution in [2.45, 2.75) is 43.4 Å². The lowest BCUT2D eigenvalue weighted by atomic mass is 9.95. The van der Waals surface area contributed by atoms with E-state index in [1.807, 2.05) is 13.8 Å². The van der Waals surface area contributed by atoms with Gasteiger partial charge in [-0.3, -0.25) is 0 Å². The number of sulfonamides is 1. The van der Waals surface area contributed by atoms with E-state index in [2.05, 4.69) is 9.71 Å². The summed E-state index contributed by atoms with van der Waals surface area (Å²) in [4.78, 5) is 3.96. The Morgan fingerprint density at radius 2 is 2.06 bits per heavy atom. The van der Waals surface area contributed by atoms with Crippen LogP contribution in [0.15, 0.2) is 10.4 Å². The molecule has 0 aliphatic carbocycles. The Kier molecular flexibility index (Phi) is 4.65. The molecule has 0 amide bonds. The van der Waals surface area contributed by atoms with Crippen molar-refractivity contribution >= 4 is 21.4 Å². The Labute approximate surface area is 106 Å². The molecule has 1 rings (SSSR count). The highest BCUT2D eigenvalue weighted by Crippen LogP contribution is 2.22. The minimum atomic E-state index is -3.51. The Bertz CT molecular complexity index is 455. The Balaban J connectivity index is 3.00. The predicted molar refractivity (Wildman–Crippen MR) is 69.5 cm³/mol. The molecule has 17 heavy (non-hydrogen) atoms. The molecule has 0 aliphatic rings. The molecule has 1 aromatic heterocycles. The molecule has 0 saturated carbocycles. The van der Waals surface area contributed by atoms with Gasteiger partial charge < -0.3 is 5.73 Å². The van der Waals surface area contributed by atoms with Crippen molar-refractivity contribution in [3.63, 3.8) is 0 Å². The topological polar surface area (TPSA) is 85.1 Å². The van der Waals surface area contributed by atoms with E-state index in [0.717, 1.165) is 16.3 Å². The highest BCUT2D eigenvalue weighted by molar-refractivity contribution is 7.91. The lowest BCUT2D eigenvalue weighted by Gasteiger charge is -2.30. The molecule has 0 bridgehead atoms. The molecule has 0 fully saturated rings. The zero-order valence-corrected chi connectivity index (χ0v) is 12.0. The van der Waals surface area contributed by atoms with Crippen LogP contribution in [0.25, 0.3) is 0 Å². The molecule has 1 aromatic rings. The van der Waals surface area contributed by atoms with Gasteiger partial charge in [-0.15, -0.1) is 11.3 Å². The van der Waals surface area contributed by atoms with Crippen molar-refractivity contribution in [3.8, 4) is 0 Å². The summed E-state index contributed by atoms with van der Waals surface area (Å²) in [6, 6.07) is 0. The minimum Gasteiger partial charge on any atom is -0.329 e. The largest absolute Gasteiger partial charge is 0.329 e. The fourth-order valence-corrected chi connectivity index (χ4v) is 4.19. The molecule has 3 N–H and O–H groups in total. The summed E-state index contributed by atoms with van der Waals surface area (Å²) < 4.78 is 27.2. The van der Waals surface area contributed by atoms with E-state index in [1.165, 1.54) is 6.20 Å². The Hall–Kier alpha value is -0.500. The van der Waals surface area contributed by atoms with Crippen LogP contribution < -0.4 is 10.5 Å². The summed E-state index contributed by atoms with van der Waals surface area (Å²) in [5.41, 5.74) is 5.12. The van der Waals surface area contributed by atoms with Gasteiger partial charge in [0.2, 0.25) is 0 Å². The van der Waals surface area contributed by atoms with Crippen molar-refractivity contribution in [2.24, 2.45) is 5.73 Å². The van der Waals surface area contributed by atoms with Crippen LogP contribution in [0.4, 0.5) is 0 Å². The fraction of sp³-hybridized carbons (Fsp3) is 0.700. The lowest BCUT2D eigenvalue weighted by molar-refractivity contribution is 0.363. The van der Waals surface area contributed by atoms with Crippen LogP contribution in [0.2, 0.25) is 0 Å². The normalized spacial score (nSPS) is 12.9. The minimum absolute atomic E-state index is 0.245. The monoisotopic (exact) mass is 277 g/mol. The SMILES string of the molecule is CCC(CC)(CN)NS(=O)(=O)c1cnc(C)s1. The van der Waals surface area contributed by atoms with Crippen molar-refractivity contribution in [1.29, 1.82) is 0 Å². The number of hydrogen-bond donors (Lipinski definition) is 2. The van der Waals surface area contributed by atoms with Crippen LogP contribution in [-0.4, -0.2) is 25.5 Å². The molecule has 0 spiro atoms. The number of aromatic nitrogens is 1. The van der Waals surface area contributed by atoms with Gasteiger partial charge in [-0.05, 0) is 19.8 Å². The zero-order chi connectivity index (χ0) is 13.1. The maximum Gasteiger partial charge on any atom is 0.252 e. The van der Waals surface area contributed by atoms with Crippen LogP contribution in [0, 0.1) is 6.92 Å². The van der Waals surface area contributed by atoms with Crippen molar-refractivity contribution in [3.05, 3.63) is 11.2 Å². The number of rotatable bonds is 6. The first-order chi connectivity index (χ1) is 7.89. The quantitative estimate of drug-likeness (QED) is 0.819. The zero-order valence-electron chi connectivity index (χ0n) is 10.4. The van der Waals surface area contributed by atoms with E-state index < -0.39 is 15.6 Å². The van der Waals surface area contributed by atoms with E-state index in [9.17, 15) is 8.42 Å². The molecular weight excluding hydrogens is 258 g/mol. The second kappa shape index (κ2) is 5.43. The maximum atomic E-state index is 12.1. The molecule has 0 saturated heterocycles. The third-order valence-corrected chi connectivity index (χ3v) is 5.91. The Morgan fingerprint density at radius 1 is 1.47 bits per heavy atom. The fourth-order valence-electron chi connectivity index (χ4n) is 1.53. The molecular formula is C10H19N3O2S2. The van der Waals surface area contributed by atoms with Gasteiger partial charge in [0.05, 0.1) is 11.2 Å². The number of nitrogens with zero attached hydrogens (tertiary/aromatic N) is 1. The molecule has 0 unspecified atom stereocenters. The number of nitrogens with two attached hydrogens (primary N) is 1. The second-order valence-electron chi connectivity index (χ2n) is 4.00. The van der Waals surface area contributed by atoms with E-state index in [-0.39, 0.29) is 10.8 Å². The van der Waals surface area contributed by atoms with Crippen LogP contribution in [-0.2, 0) is 10.0 Å². The highest BCUT2D eigenvalue weighted by Gasteiger charge is 2.31. The molecule has 7 heteroatoms. The van der Waals surface area contributed by atoms with Gasteiger partial charge in [0, 0.05) is 12.1 Å². The van der Waals surface area contributed by atoms with Gasteiger partial charge in [-0.25, -0.2) is 18.1 Å². The highest BCUT2D eigenvalue weighted by atomic mass is 32.2. The van der Waals surface area contributed by atoms with Gasteiger partial charge in [-0.1, -0.05) is 13.8 Å². The summed E-state index contributed by atoms with van der Waals surface area (Å²) in [7, 11) is -3.51. The van der Waals surface area contributed by atoms with Crippen molar-refractivity contribution in [2.75, 3.05) is 6.54 Å². The standard InChI is InChI=1S/C10H19N3O2S2/c1-4-10(5-2,7-11)13-17(14,15)9-6-12-8(3)16-9/h6,13H,4-5,7,11H2,1-3H3. The van der Waals surface area contributed by atoms with E-state index in [4.69, 9.17) is 5.73 Å². The average molecular weight is 277 g/mol. The molecule has 0 aromatic carbocycles. The third-order valence-electron chi connectivity index (χ3n) is 2.96. The summed E-state index contributed by atoms with van der Waals surface area (Å²) >= 11 is 1.16. The van der Waals surface area contributed by atoms with Crippen LogP contribution >= 0.6 is 11.3 Å². The van der Waals surface area contributed by atoms with Crippen molar-refractivity contribution < 1.29 is 8.42 Å². The Morgan fingerprint density at radius 3 is 2.41 bits per heavy atom. The summed E-state index contributed by atoms with van der Waals surface area (Å²) in [6.07, 6.45) is 2.71. The number of thiazole rings is 1. The third kappa shape index (κ3) is 3.25. The lowest BCUT2D eigenvalue weighted by Crippen LogP contribution is -2.52. The molecule has 0 aliphatic heterocycles. The first-order valence-corrected chi connectivity index (χ1v) is 7.85. The van der Waals surface area contributed by atoms with Crippen LogP contribution in [0.3, 0.4) is 0 Å².